The van der Waals surface area contributed by atoms with Crippen LogP contribution in [0.15, 0.2) is 63.0 Å². The number of esters is 1. The van der Waals surface area contributed by atoms with Gasteiger partial charge in [-0.15, -0.1) is 0 Å². The topological polar surface area (TPSA) is 195 Å². The molecule has 15 heteroatoms. The molecule has 5 N–H and O–H groups in total. The van der Waals surface area contributed by atoms with Crippen molar-refractivity contribution in [2.24, 2.45) is 17.8 Å². The lowest BCUT2D eigenvalue weighted by molar-refractivity contribution is -0.183. The van der Waals surface area contributed by atoms with Crippen LogP contribution in [0.25, 0.3) is 11.0 Å². The number of aromatic nitrogens is 1. The highest BCUT2D eigenvalue weighted by atomic mass is 33.1. The SMILES string of the molecule is C/C=C(\C)C(=O)O[C@]1(C)CC=C2CSS[C@H]3C[C@H](C=O)[C@H](NC)[C@@H]4CN(C(=O)Cc5cnc(N)cc5[C@@H]2[C@]12Cc1cc5cc(C6([C@H](CO)CCCO)CCCC6)c(=O)oc5cc1O2)[C@@H]43. The number of fused-ring (bicyclic) bond motifs is 6. The zero-order valence-corrected chi connectivity index (χ0v) is 38.7. The maximum Gasteiger partial charge on any atom is 0.340 e. The van der Waals surface area contributed by atoms with Gasteiger partial charge in [-0.25, -0.2) is 14.6 Å². The predicted octanol–water partition coefficient (Wildman–Crippen LogP) is 5.96. The molecule has 0 bridgehead atoms. The molecule has 3 aromatic rings. The molecule has 2 saturated carbocycles. The third-order valence-electron chi connectivity index (χ3n) is 15.9. The summed E-state index contributed by atoms with van der Waals surface area (Å²) >= 11 is 0. The van der Waals surface area contributed by atoms with Crippen molar-refractivity contribution in [2.75, 3.05) is 38.3 Å². The second-order valence-corrected chi connectivity index (χ2v) is 21.8. The van der Waals surface area contributed by atoms with E-state index in [0.29, 0.717) is 72.4 Å². The Morgan fingerprint density at radius 1 is 1.17 bits per heavy atom. The number of carbonyl (C=O) groups excluding carboxylic acids is 3. The number of nitrogens with one attached hydrogen (secondary N) is 1. The Morgan fingerprint density at radius 3 is 2.69 bits per heavy atom. The van der Waals surface area contributed by atoms with Crippen molar-refractivity contribution in [3.8, 4) is 5.75 Å². The Labute approximate surface area is 381 Å². The summed E-state index contributed by atoms with van der Waals surface area (Å²) < 4.78 is 20.2. The first-order chi connectivity index (χ1) is 30.8. The molecule has 1 saturated heterocycles. The van der Waals surface area contributed by atoms with Gasteiger partial charge in [0.05, 0.1) is 18.4 Å². The molecule has 3 aliphatic heterocycles. The Bertz CT molecular complexity index is 2470. The summed E-state index contributed by atoms with van der Waals surface area (Å²) in [5.74, 6) is 0.123. The van der Waals surface area contributed by atoms with Crippen LogP contribution in [0.1, 0.15) is 100 Å². The first-order valence-electron chi connectivity index (χ1n) is 22.9. The number of nitrogens with two attached hydrogens (primary N) is 1. The first-order valence-corrected chi connectivity index (χ1v) is 25.2. The third kappa shape index (κ3) is 7.32. The highest BCUT2D eigenvalue weighted by Crippen LogP contribution is 2.59. The van der Waals surface area contributed by atoms with E-state index in [9.17, 15) is 29.4 Å². The summed E-state index contributed by atoms with van der Waals surface area (Å²) in [5.41, 5.74) is 7.76. The number of carbonyl (C=O) groups is 3. The highest BCUT2D eigenvalue weighted by Gasteiger charge is 2.64. The smallest absolute Gasteiger partial charge is 0.340 e. The van der Waals surface area contributed by atoms with E-state index < -0.39 is 34.1 Å². The predicted molar refractivity (Wildman–Crippen MR) is 248 cm³/mol. The summed E-state index contributed by atoms with van der Waals surface area (Å²) in [6.45, 7) is 5.92. The van der Waals surface area contributed by atoms with Crippen LogP contribution in [0.2, 0.25) is 0 Å². The summed E-state index contributed by atoms with van der Waals surface area (Å²) in [5, 5.41) is 24.5. The molecule has 9 rings (SSSR count). The van der Waals surface area contributed by atoms with E-state index >= 15 is 0 Å². The fourth-order valence-electron chi connectivity index (χ4n) is 12.4. The number of nitrogens with zero attached hydrogens (tertiary/aromatic N) is 2. The van der Waals surface area contributed by atoms with Crippen LogP contribution in [0.5, 0.6) is 5.75 Å². The Balaban J connectivity index is 1.18. The molecule has 0 radical (unpaired) electrons. The number of amides is 1. The average Bonchev–Trinajstić information content (AvgIpc) is 3.91. The van der Waals surface area contributed by atoms with E-state index in [0.717, 1.165) is 54.1 Å². The minimum Gasteiger partial charge on any atom is -0.481 e. The van der Waals surface area contributed by atoms with Crippen LogP contribution < -0.4 is 21.4 Å². The van der Waals surface area contributed by atoms with Crippen LogP contribution in [0, 0.1) is 17.8 Å². The van der Waals surface area contributed by atoms with E-state index in [4.69, 9.17) is 19.6 Å². The van der Waals surface area contributed by atoms with Crippen molar-refractivity contribution in [1.29, 1.82) is 0 Å². The van der Waals surface area contributed by atoms with Crippen LogP contribution in [-0.4, -0.2) is 99.4 Å². The number of aliphatic hydroxyl groups excluding tert-OH is 2. The van der Waals surface area contributed by atoms with Crippen molar-refractivity contribution in [3.05, 3.63) is 86.4 Å². The number of hydrogen-bond acceptors (Lipinski definition) is 14. The summed E-state index contributed by atoms with van der Waals surface area (Å²) in [6.07, 6.45) is 12.5. The van der Waals surface area contributed by atoms with Crippen molar-refractivity contribution in [1.82, 2.24) is 15.2 Å². The fourth-order valence-corrected chi connectivity index (χ4v) is 15.6. The molecular formula is C49H60N4O9S2. The zero-order chi connectivity index (χ0) is 45.1. The van der Waals surface area contributed by atoms with E-state index in [2.05, 4.69) is 16.4 Å². The van der Waals surface area contributed by atoms with Crippen molar-refractivity contribution in [3.63, 3.8) is 0 Å². The molecule has 6 aliphatic rings. The highest BCUT2D eigenvalue weighted by molar-refractivity contribution is 8.77. The molecule has 64 heavy (non-hydrogen) atoms. The number of rotatable bonds is 10. The Hall–Kier alpha value is -4.15. The zero-order valence-electron chi connectivity index (χ0n) is 37.1. The van der Waals surface area contributed by atoms with E-state index in [1.54, 1.807) is 53.8 Å². The molecule has 1 spiro atoms. The third-order valence-corrected chi connectivity index (χ3v) is 18.7. The lowest BCUT2D eigenvalue weighted by atomic mass is 9.61. The summed E-state index contributed by atoms with van der Waals surface area (Å²) in [6, 6.07) is 7.56. The number of ether oxygens (including phenoxy) is 2. The quantitative estimate of drug-likeness (QED) is 0.0465. The molecule has 5 heterocycles. The fraction of sp³-hybridized carbons (Fsp3) is 0.571. The normalized spacial score (nSPS) is 31.3. The van der Waals surface area contributed by atoms with Gasteiger partial charge in [-0.2, -0.15) is 0 Å². The van der Waals surface area contributed by atoms with Gasteiger partial charge in [0.15, 0.2) is 11.2 Å². The van der Waals surface area contributed by atoms with E-state index in [1.807, 2.05) is 37.1 Å². The maximum atomic E-state index is 14.5. The number of anilines is 1. The lowest BCUT2D eigenvalue weighted by Crippen LogP contribution is -2.72. The van der Waals surface area contributed by atoms with E-state index in [-0.39, 0.29) is 66.4 Å². The van der Waals surface area contributed by atoms with Gasteiger partial charge in [0.25, 0.3) is 0 Å². The van der Waals surface area contributed by atoms with Gasteiger partial charge >= 0.3 is 11.6 Å². The molecule has 13 nitrogen and oxygen atoms in total. The summed E-state index contributed by atoms with van der Waals surface area (Å²) in [4.78, 5) is 61.5. The number of pyridine rings is 1. The van der Waals surface area contributed by atoms with Gasteiger partial charge in [-0.3, -0.25) is 4.79 Å². The Kier molecular flexibility index (Phi) is 12.4. The molecular weight excluding hydrogens is 853 g/mol. The van der Waals surface area contributed by atoms with Gasteiger partial charge < -0.3 is 44.8 Å². The lowest BCUT2D eigenvalue weighted by Gasteiger charge is -2.58. The van der Waals surface area contributed by atoms with Gasteiger partial charge in [0.2, 0.25) is 5.91 Å². The van der Waals surface area contributed by atoms with Crippen molar-refractivity contribution < 1.29 is 38.5 Å². The number of benzene rings is 1. The second kappa shape index (κ2) is 17.6. The van der Waals surface area contributed by atoms with Crippen molar-refractivity contribution in [2.45, 2.75) is 125 Å². The van der Waals surface area contributed by atoms with Gasteiger partial charge in [0, 0.05) is 95.7 Å². The van der Waals surface area contributed by atoms with Gasteiger partial charge in [0.1, 0.15) is 23.4 Å². The monoisotopic (exact) mass is 912 g/mol. The standard InChI is InChI=1S/C49H60N4O9S2/c1-5-27(2)45(58)62-47(3)13-10-28-26-63-64-39-17-32(24-55)43(51-4)35-23-53(44(35)39)41(57)18-31-22-52-40(50)19-34(31)42(28)49(47)21-30-15-29-16-36(46(59)60-37(29)20-38(30)61-49)48(11-6-7-12-48)33(25-56)9-8-14-54/h5,10,15-16,19-20,22,24,32-33,35,39,42-44,51,54,56H,6-9,11-14,17-18,21,23,25-26H2,1-4H3,(H2,50,52)/b27-5+/t32-,33+,35+,39+,42-,43+,44+,47-,49-/m1/s1. The molecule has 2 aromatic heterocycles. The maximum absolute atomic E-state index is 14.5. The minimum atomic E-state index is -1.26. The van der Waals surface area contributed by atoms with Gasteiger partial charge in [-0.05, 0) is 101 Å². The number of aldehydes is 1. The molecule has 3 aliphatic carbocycles. The molecule has 3 fully saturated rings. The molecule has 0 unspecified atom stereocenters. The summed E-state index contributed by atoms with van der Waals surface area (Å²) in [7, 11) is 5.35. The van der Waals surface area contributed by atoms with Crippen molar-refractivity contribution >= 4 is 56.5 Å². The van der Waals surface area contributed by atoms with Crippen LogP contribution >= 0.6 is 21.6 Å². The first kappa shape index (κ1) is 45.0. The minimum absolute atomic E-state index is 0.00231. The number of hydrogen-bond donors (Lipinski definition) is 4. The number of aliphatic hydroxyl groups is 2. The molecule has 1 aromatic carbocycles. The molecule has 1 amide bonds. The number of allylic oxidation sites excluding steroid dienone is 1. The molecule has 342 valence electrons. The van der Waals surface area contributed by atoms with Crippen LogP contribution in [0.4, 0.5) is 5.82 Å². The van der Waals surface area contributed by atoms with Gasteiger partial charge in [-0.1, -0.05) is 52.2 Å². The molecule has 9 atom stereocenters. The van der Waals surface area contributed by atoms with Crippen LogP contribution in [-0.2, 0) is 37.4 Å². The van der Waals surface area contributed by atoms with E-state index in [1.165, 1.54) is 0 Å². The largest absolute Gasteiger partial charge is 0.481 e. The Morgan fingerprint density at radius 2 is 1.97 bits per heavy atom. The number of nitrogen functional groups attached to an aromatic ring is 1. The second-order valence-electron chi connectivity index (χ2n) is 19.2. The van der Waals surface area contributed by atoms with Crippen LogP contribution in [0.3, 0.4) is 0 Å². The average molecular weight is 913 g/mol.